The fourth-order valence-electron chi connectivity index (χ4n) is 4.69. The van der Waals surface area contributed by atoms with Crippen molar-refractivity contribution in [3.63, 3.8) is 0 Å². The molecule has 0 aromatic heterocycles. The number of allylic oxidation sites excluding steroid dienone is 2. The summed E-state index contributed by atoms with van der Waals surface area (Å²) in [6.07, 6.45) is 4.78. The van der Waals surface area contributed by atoms with Crippen molar-refractivity contribution in [3.8, 4) is 0 Å². The van der Waals surface area contributed by atoms with Crippen molar-refractivity contribution in [2.75, 3.05) is 7.05 Å². The minimum atomic E-state index is -0.768. The zero-order chi connectivity index (χ0) is 19.3. The van der Waals surface area contributed by atoms with Gasteiger partial charge in [0.1, 0.15) is 0 Å². The number of nitro groups is 1. The van der Waals surface area contributed by atoms with E-state index in [4.69, 9.17) is 0 Å². The molecule has 3 aliphatic rings. The maximum absolute atomic E-state index is 13.1. The van der Waals surface area contributed by atoms with E-state index in [0.29, 0.717) is 5.56 Å². The van der Waals surface area contributed by atoms with Gasteiger partial charge in [-0.1, -0.05) is 24.3 Å². The molecular weight excluding hydrogens is 350 g/mol. The van der Waals surface area contributed by atoms with Gasteiger partial charge in [0.05, 0.1) is 29.2 Å². The van der Waals surface area contributed by atoms with E-state index in [0.717, 1.165) is 6.42 Å². The number of carbonyl (C=O) groups excluding carboxylic acids is 3. The van der Waals surface area contributed by atoms with Gasteiger partial charge in [-0.3, -0.25) is 29.4 Å². The number of benzene rings is 1. The zero-order valence-electron chi connectivity index (χ0n) is 14.7. The van der Waals surface area contributed by atoms with Gasteiger partial charge in [-0.15, -0.1) is 0 Å². The highest BCUT2D eigenvalue weighted by molar-refractivity contribution is 6.07. The molecule has 2 fully saturated rings. The number of hydrogen-bond donors (Lipinski definition) is 1. The first-order chi connectivity index (χ1) is 12.9. The maximum Gasteiger partial charge on any atom is 0.269 e. The molecule has 5 unspecified atom stereocenters. The summed E-state index contributed by atoms with van der Waals surface area (Å²) in [5.74, 6) is -1.33. The Kier molecular flexibility index (Phi) is 4.05. The van der Waals surface area contributed by atoms with Crippen LogP contribution >= 0.6 is 0 Å². The number of rotatable bonds is 5. The molecule has 1 aromatic carbocycles. The molecule has 27 heavy (non-hydrogen) atoms. The van der Waals surface area contributed by atoms with Crippen LogP contribution in [0.15, 0.2) is 36.4 Å². The molecule has 3 amide bonds. The molecule has 1 aromatic rings. The van der Waals surface area contributed by atoms with Crippen molar-refractivity contribution >= 4 is 23.4 Å². The Morgan fingerprint density at radius 2 is 1.74 bits per heavy atom. The van der Waals surface area contributed by atoms with Crippen molar-refractivity contribution < 1.29 is 19.3 Å². The largest absolute Gasteiger partial charge is 0.359 e. The van der Waals surface area contributed by atoms with E-state index in [1.165, 1.54) is 36.2 Å². The average Bonchev–Trinajstić information content (AvgIpc) is 3.34. The minimum absolute atomic E-state index is 0.0754. The summed E-state index contributed by atoms with van der Waals surface area (Å²) in [7, 11) is 1.49. The van der Waals surface area contributed by atoms with E-state index in [9.17, 15) is 24.5 Å². The third kappa shape index (κ3) is 2.63. The van der Waals surface area contributed by atoms with Crippen molar-refractivity contribution in [2.45, 2.75) is 18.9 Å². The molecule has 5 atom stereocenters. The smallest absolute Gasteiger partial charge is 0.269 e. The van der Waals surface area contributed by atoms with Crippen LogP contribution in [-0.4, -0.2) is 34.6 Å². The molecule has 1 saturated heterocycles. The van der Waals surface area contributed by atoms with E-state index in [1.807, 2.05) is 12.2 Å². The number of nitrogens with one attached hydrogen (secondary N) is 1. The van der Waals surface area contributed by atoms with E-state index in [1.54, 1.807) is 0 Å². The van der Waals surface area contributed by atoms with Crippen LogP contribution in [0.4, 0.5) is 5.69 Å². The van der Waals surface area contributed by atoms with E-state index >= 15 is 0 Å². The van der Waals surface area contributed by atoms with Gasteiger partial charge in [0, 0.05) is 19.2 Å². The Balaban J connectivity index is 1.69. The van der Waals surface area contributed by atoms with Crippen molar-refractivity contribution in [3.05, 3.63) is 52.1 Å². The molecular formula is C19H19N3O5. The summed E-state index contributed by atoms with van der Waals surface area (Å²) < 4.78 is 0. The number of carbonyl (C=O) groups is 3. The lowest BCUT2D eigenvalue weighted by atomic mass is 9.85. The Hall–Kier alpha value is -3.03. The van der Waals surface area contributed by atoms with Crippen LogP contribution in [0.2, 0.25) is 0 Å². The molecule has 4 rings (SSSR count). The maximum atomic E-state index is 13.1. The predicted molar refractivity (Wildman–Crippen MR) is 94.1 cm³/mol. The summed E-state index contributed by atoms with van der Waals surface area (Å²) >= 11 is 0. The van der Waals surface area contributed by atoms with Gasteiger partial charge in [-0.25, -0.2) is 0 Å². The molecule has 0 radical (unpaired) electrons. The van der Waals surface area contributed by atoms with Crippen LogP contribution in [0.1, 0.15) is 24.4 Å². The highest BCUT2D eigenvalue weighted by Gasteiger charge is 2.60. The monoisotopic (exact) mass is 369 g/mol. The molecule has 8 nitrogen and oxygen atoms in total. The van der Waals surface area contributed by atoms with Gasteiger partial charge < -0.3 is 5.32 Å². The predicted octanol–water partition coefficient (Wildman–Crippen LogP) is 1.58. The zero-order valence-corrected chi connectivity index (χ0v) is 14.7. The number of fused-ring (bicyclic) bond motifs is 5. The second-order valence-electron chi connectivity index (χ2n) is 7.29. The molecule has 8 heteroatoms. The van der Waals surface area contributed by atoms with Gasteiger partial charge in [0.2, 0.25) is 17.7 Å². The summed E-state index contributed by atoms with van der Waals surface area (Å²) in [6.45, 7) is 0. The number of imide groups is 1. The molecule has 2 bridgehead atoms. The van der Waals surface area contributed by atoms with Crippen LogP contribution in [-0.2, 0) is 14.4 Å². The molecule has 2 aliphatic carbocycles. The minimum Gasteiger partial charge on any atom is -0.359 e. The van der Waals surface area contributed by atoms with Crippen LogP contribution in [0, 0.1) is 33.8 Å². The highest BCUT2D eigenvalue weighted by atomic mass is 16.6. The number of likely N-dealkylation sites (tertiary alicyclic amines) is 1. The first-order valence-corrected chi connectivity index (χ1v) is 8.92. The molecule has 1 aliphatic heterocycles. The second kappa shape index (κ2) is 6.29. The summed E-state index contributed by atoms with van der Waals surface area (Å²) in [6, 6.07) is 4.89. The number of nitrogens with zero attached hydrogens (tertiary/aromatic N) is 2. The van der Waals surface area contributed by atoms with E-state index in [-0.39, 0.29) is 53.5 Å². The van der Waals surface area contributed by atoms with Gasteiger partial charge >= 0.3 is 0 Å². The number of non-ortho nitro benzene ring substituents is 1. The topological polar surface area (TPSA) is 110 Å². The van der Waals surface area contributed by atoms with Crippen molar-refractivity contribution in [1.82, 2.24) is 10.2 Å². The lowest BCUT2D eigenvalue weighted by Gasteiger charge is -2.27. The molecule has 140 valence electrons. The third-order valence-electron chi connectivity index (χ3n) is 5.96. The first kappa shape index (κ1) is 17.4. The number of nitro benzene ring substituents is 1. The number of hydrogen-bond acceptors (Lipinski definition) is 5. The Bertz CT molecular complexity index is 833. The third-order valence-corrected chi connectivity index (χ3v) is 5.96. The van der Waals surface area contributed by atoms with E-state index < -0.39 is 11.0 Å². The summed E-state index contributed by atoms with van der Waals surface area (Å²) in [5.41, 5.74) is 0.446. The lowest BCUT2D eigenvalue weighted by molar-refractivity contribution is -0.384. The number of amides is 3. The van der Waals surface area contributed by atoms with Crippen LogP contribution < -0.4 is 5.32 Å². The summed E-state index contributed by atoms with van der Waals surface area (Å²) in [4.78, 5) is 49.8. The first-order valence-electron chi connectivity index (χ1n) is 8.92. The molecule has 0 spiro atoms. The fourth-order valence-corrected chi connectivity index (χ4v) is 4.69. The molecule has 1 saturated carbocycles. The lowest BCUT2D eigenvalue weighted by Crippen LogP contribution is -2.39. The quantitative estimate of drug-likeness (QED) is 0.367. The average molecular weight is 369 g/mol. The van der Waals surface area contributed by atoms with Crippen LogP contribution in [0.25, 0.3) is 0 Å². The van der Waals surface area contributed by atoms with Crippen molar-refractivity contribution in [2.24, 2.45) is 23.7 Å². The fraction of sp³-hybridized carbons (Fsp3) is 0.421. The van der Waals surface area contributed by atoms with Crippen LogP contribution in [0.5, 0.6) is 0 Å². The molecule has 1 N–H and O–H groups in total. The SMILES string of the molecule is CNC(=O)CC(c1ccc([N+](=O)[O-])cc1)N1C(=O)C2C3C=CC(C3)C2C1=O. The van der Waals surface area contributed by atoms with E-state index in [2.05, 4.69) is 5.32 Å². The normalized spacial score (nSPS) is 29.1. The van der Waals surface area contributed by atoms with Crippen LogP contribution in [0.3, 0.4) is 0 Å². The molecule has 1 heterocycles. The Morgan fingerprint density at radius 1 is 1.19 bits per heavy atom. The Morgan fingerprint density at radius 3 is 2.22 bits per heavy atom. The second-order valence-corrected chi connectivity index (χ2v) is 7.29. The van der Waals surface area contributed by atoms with Gasteiger partial charge in [-0.05, 0) is 23.8 Å². The van der Waals surface area contributed by atoms with Crippen molar-refractivity contribution in [1.29, 1.82) is 0 Å². The summed E-state index contributed by atoms with van der Waals surface area (Å²) in [5, 5.41) is 13.4. The Labute approximate surface area is 155 Å². The van der Waals surface area contributed by atoms with Gasteiger partial charge in [-0.2, -0.15) is 0 Å². The standard InChI is InChI=1S/C19H19N3O5/c1-20-15(23)9-14(10-4-6-13(7-5-10)22(26)27)21-18(24)16-11-2-3-12(8-11)17(16)19(21)25/h2-7,11-12,14,16-17H,8-9H2,1H3,(H,20,23). The van der Waals surface area contributed by atoms with Gasteiger partial charge in [0.25, 0.3) is 5.69 Å². The van der Waals surface area contributed by atoms with Gasteiger partial charge in [0.15, 0.2) is 0 Å². The highest BCUT2D eigenvalue weighted by Crippen LogP contribution is 2.54.